The highest BCUT2D eigenvalue weighted by atomic mass is 16.5. The van der Waals surface area contributed by atoms with Crippen LogP contribution < -0.4 is 10.5 Å². The van der Waals surface area contributed by atoms with Gasteiger partial charge in [0.2, 0.25) is 5.88 Å². The molecule has 4 bridgehead atoms. The molecule has 1 heterocycles. The minimum atomic E-state index is 0.405. The van der Waals surface area contributed by atoms with E-state index in [0.717, 1.165) is 40.8 Å². The van der Waals surface area contributed by atoms with Gasteiger partial charge in [0.1, 0.15) is 6.10 Å². The third-order valence-corrected chi connectivity index (χ3v) is 5.88. The van der Waals surface area contributed by atoms with Crippen molar-refractivity contribution in [2.45, 2.75) is 51.7 Å². The Labute approximate surface area is 120 Å². The first kappa shape index (κ1) is 12.7. The molecule has 0 aromatic carbocycles. The molecule has 0 spiro atoms. The van der Waals surface area contributed by atoms with Crippen LogP contribution in [-0.4, -0.2) is 15.9 Å². The molecular formula is C16H25N3O. The van der Waals surface area contributed by atoms with Crippen molar-refractivity contribution in [2.75, 3.05) is 0 Å². The standard InChI is InChI=1S/C16H25N3O/c1-9-14(8-17)16(19(2)18-9)20-15-12-4-10-3-11(6-12)7-13(15)5-10/h10-13,15H,3-8,17H2,1-2H3. The van der Waals surface area contributed by atoms with E-state index in [-0.39, 0.29) is 0 Å². The van der Waals surface area contributed by atoms with E-state index in [9.17, 15) is 0 Å². The molecule has 4 aliphatic carbocycles. The molecule has 0 unspecified atom stereocenters. The highest BCUT2D eigenvalue weighted by Crippen LogP contribution is 2.54. The molecule has 5 rings (SSSR count). The van der Waals surface area contributed by atoms with Gasteiger partial charge in [-0.15, -0.1) is 0 Å². The Morgan fingerprint density at radius 3 is 2.30 bits per heavy atom. The Kier molecular flexibility index (Phi) is 2.85. The zero-order valence-electron chi connectivity index (χ0n) is 12.5. The third-order valence-electron chi connectivity index (χ3n) is 5.88. The number of rotatable bonds is 3. The molecule has 0 atom stereocenters. The first-order valence-electron chi connectivity index (χ1n) is 8.05. The number of aromatic nitrogens is 2. The number of hydrogen-bond acceptors (Lipinski definition) is 3. The summed E-state index contributed by atoms with van der Waals surface area (Å²) < 4.78 is 8.36. The molecule has 2 N–H and O–H groups in total. The van der Waals surface area contributed by atoms with Gasteiger partial charge in [-0.05, 0) is 62.7 Å². The normalized spacial score (nSPS) is 38.5. The lowest BCUT2D eigenvalue weighted by Gasteiger charge is -2.53. The van der Waals surface area contributed by atoms with E-state index >= 15 is 0 Å². The van der Waals surface area contributed by atoms with Crippen LogP contribution in [0.2, 0.25) is 0 Å². The molecule has 4 aliphatic rings. The Bertz CT molecular complexity index is 494. The van der Waals surface area contributed by atoms with Gasteiger partial charge in [0.05, 0.1) is 11.3 Å². The molecule has 0 amide bonds. The van der Waals surface area contributed by atoms with E-state index in [0.29, 0.717) is 12.6 Å². The summed E-state index contributed by atoms with van der Waals surface area (Å²) in [6.07, 6.45) is 7.42. The molecule has 4 nitrogen and oxygen atoms in total. The summed E-state index contributed by atoms with van der Waals surface area (Å²) >= 11 is 0. The van der Waals surface area contributed by atoms with Gasteiger partial charge in [0, 0.05) is 13.6 Å². The van der Waals surface area contributed by atoms with Gasteiger partial charge in [-0.1, -0.05) is 0 Å². The molecule has 0 saturated heterocycles. The number of nitrogens with two attached hydrogens (primary N) is 1. The quantitative estimate of drug-likeness (QED) is 0.921. The molecule has 1 aromatic heterocycles. The smallest absolute Gasteiger partial charge is 0.216 e. The molecule has 110 valence electrons. The third kappa shape index (κ3) is 1.80. The van der Waals surface area contributed by atoms with E-state index in [2.05, 4.69) is 5.10 Å². The van der Waals surface area contributed by atoms with E-state index in [4.69, 9.17) is 10.5 Å². The van der Waals surface area contributed by atoms with Crippen molar-refractivity contribution < 1.29 is 4.74 Å². The van der Waals surface area contributed by atoms with Gasteiger partial charge in [-0.3, -0.25) is 0 Å². The van der Waals surface area contributed by atoms with Gasteiger partial charge >= 0.3 is 0 Å². The molecule has 4 heteroatoms. The fourth-order valence-corrected chi connectivity index (χ4v) is 5.26. The van der Waals surface area contributed by atoms with Crippen LogP contribution in [0, 0.1) is 30.6 Å². The largest absolute Gasteiger partial charge is 0.474 e. The van der Waals surface area contributed by atoms with Crippen molar-refractivity contribution in [3.05, 3.63) is 11.3 Å². The number of ether oxygens (including phenoxy) is 1. The lowest BCUT2D eigenvalue weighted by atomic mass is 9.55. The fourth-order valence-electron chi connectivity index (χ4n) is 5.26. The van der Waals surface area contributed by atoms with Crippen molar-refractivity contribution >= 4 is 0 Å². The Hall–Kier alpha value is -1.03. The van der Waals surface area contributed by atoms with Crippen LogP contribution in [0.4, 0.5) is 0 Å². The zero-order valence-corrected chi connectivity index (χ0v) is 12.5. The molecule has 4 fully saturated rings. The average molecular weight is 275 g/mol. The lowest BCUT2D eigenvalue weighted by Crippen LogP contribution is -2.51. The lowest BCUT2D eigenvalue weighted by molar-refractivity contribution is -0.0819. The maximum absolute atomic E-state index is 6.49. The maximum atomic E-state index is 6.49. The van der Waals surface area contributed by atoms with Gasteiger partial charge < -0.3 is 10.5 Å². The number of nitrogens with zero attached hydrogens (tertiary/aromatic N) is 2. The van der Waals surface area contributed by atoms with Crippen LogP contribution in [0.3, 0.4) is 0 Å². The van der Waals surface area contributed by atoms with Crippen LogP contribution in [-0.2, 0) is 13.6 Å². The van der Waals surface area contributed by atoms with E-state index in [1.165, 1.54) is 32.1 Å². The highest BCUT2D eigenvalue weighted by molar-refractivity contribution is 5.31. The Balaban J connectivity index is 1.60. The second kappa shape index (κ2) is 4.48. The Morgan fingerprint density at radius 2 is 1.75 bits per heavy atom. The molecule has 4 saturated carbocycles. The molecule has 1 aromatic rings. The van der Waals surface area contributed by atoms with Crippen LogP contribution in [0.5, 0.6) is 5.88 Å². The van der Waals surface area contributed by atoms with Crippen molar-refractivity contribution in [2.24, 2.45) is 36.5 Å². The molecule has 20 heavy (non-hydrogen) atoms. The maximum Gasteiger partial charge on any atom is 0.216 e. The number of aryl methyl sites for hydroxylation is 2. The predicted molar refractivity (Wildman–Crippen MR) is 77.3 cm³/mol. The van der Waals surface area contributed by atoms with Gasteiger partial charge in [0.25, 0.3) is 0 Å². The Morgan fingerprint density at radius 1 is 1.15 bits per heavy atom. The van der Waals surface area contributed by atoms with Gasteiger partial charge in [-0.2, -0.15) is 5.10 Å². The van der Waals surface area contributed by atoms with Crippen LogP contribution in [0.15, 0.2) is 0 Å². The minimum absolute atomic E-state index is 0.405. The summed E-state index contributed by atoms with van der Waals surface area (Å²) in [5.41, 5.74) is 7.97. The monoisotopic (exact) mass is 275 g/mol. The second-order valence-electron chi connectivity index (χ2n) is 7.21. The van der Waals surface area contributed by atoms with Gasteiger partial charge in [-0.25, -0.2) is 4.68 Å². The number of hydrogen-bond donors (Lipinski definition) is 1. The van der Waals surface area contributed by atoms with Crippen LogP contribution in [0.25, 0.3) is 0 Å². The second-order valence-corrected chi connectivity index (χ2v) is 7.21. The first-order valence-corrected chi connectivity index (χ1v) is 8.05. The van der Waals surface area contributed by atoms with Crippen molar-refractivity contribution in [3.8, 4) is 5.88 Å². The summed E-state index contributed by atoms with van der Waals surface area (Å²) in [5, 5.41) is 4.48. The van der Waals surface area contributed by atoms with Crippen molar-refractivity contribution in [3.63, 3.8) is 0 Å². The summed E-state index contributed by atoms with van der Waals surface area (Å²) in [7, 11) is 1.97. The predicted octanol–water partition coefficient (Wildman–Crippen LogP) is 2.39. The summed E-state index contributed by atoms with van der Waals surface area (Å²) in [6.45, 7) is 2.54. The molecule has 0 radical (unpaired) electrons. The average Bonchev–Trinajstić information content (AvgIpc) is 2.66. The van der Waals surface area contributed by atoms with E-state index in [1.807, 2.05) is 18.7 Å². The fraction of sp³-hybridized carbons (Fsp3) is 0.812. The summed E-state index contributed by atoms with van der Waals surface area (Å²) in [4.78, 5) is 0. The first-order chi connectivity index (χ1) is 9.65. The van der Waals surface area contributed by atoms with Crippen LogP contribution in [0.1, 0.15) is 43.4 Å². The zero-order chi connectivity index (χ0) is 13.9. The summed E-state index contributed by atoms with van der Waals surface area (Å²) in [5.74, 6) is 4.43. The van der Waals surface area contributed by atoms with E-state index in [1.54, 1.807) is 0 Å². The van der Waals surface area contributed by atoms with Crippen LogP contribution >= 0.6 is 0 Å². The minimum Gasteiger partial charge on any atom is -0.474 e. The van der Waals surface area contributed by atoms with Gasteiger partial charge in [0.15, 0.2) is 0 Å². The van der Waals surface area contributed by atoms with Crippen molar-refractivity contribution in [1.29, 1.82) is 0 Å². The molecule has 0 aliphatic heterocycles. The van der Waals surface area contributed by atoms with Crippen molar-refractivity contribution in [1.82, 2.24) is 9.78 Å². The highest BCUT2D eigenvalue weighted by Gasteiger charge is 2.49. The van der Waals surface area contributed by atoms with E-state index < -0.39 is 0 Å². The summed E-state index contributed by atoms with van der Waals surface area (Å²) in [6, 6.07) is 0. The topological polar surface area (TPSA) is 53.1 Å². The SMILES string of the molecule is Cc1nn(C)c(OC2C3CC4CC(C3)CC2C4)c1CN. The molecular weight excluding hydrogens is 250 g/mol.